The summed E-state index contributed by atoms with van der Waals surface area (Å²) in [6.07, 6.45) is 2.23. The largest absolute Gasteiger partial charge is 0.329 e. The van der Waals surface area contributed by atoms with Gasteiger partial charge >= 0.3 is 0 Å². The maximum Gasteiger partial charge on any atom is 0.0471 e. The maximum atomic E-state index is 6.07. The lowest BCUT2D eigenvalue weighted by Gasteiger charge is -2.31. The summed E-state index contributed by atoms with van der Waals surface area (Å²) in [4.78, 5) is 2.40. The SMILES string of the molecule is CCCN(CCC)C(CN)c1cc(Cl)cc(Cl)c1. The lowest BCUT2D eigenvalue weighted by Crippen LogP contribution is -2.35. The molecule has 0 heterocycles. The quantitative estimate of drug-likeness (QED) is 0.818. The Balaban J connectivity index is 2.97. The number of hydrogen-bond acceptors (Lipinski definition) is 2. The molecule has 1 unspecified atom stereocenters. The maximum absolute atomic E-state index is 6.07. The first-order valence-electron chi connectivity index (χ1n) is 6.52. The average Bonchev–Trinajstić information content (AvgIpc) is 2.29. The van der Waals surface area contributed by atoms with Crippen molar-refractivity contribution < 1.29 is 0 Å². The van der Waals surface area contributed by atoms with E-state index in [1.165, 1.54) is 0 Å². The van der Waals surface area contributed by atoms with E-state index in [-0.39, 0.29) is 6.04 Å². The van der Waals surface area contributed by atoms with Gasteiger partial charge in [-0.3, -0.25) is 4.90 Å². The van der Waals surface area contributed by atoms with Gasteiger partial charge in [0.1, 0.15) is 0 Å². The fraction of sp³-hybridized carbons (Fsp3) is 0.571. The van der Waals surface area contributed by atoms with Crippen molar-refractivity contribution in [3.63, 3.8) is 0 Å². The lowest BCUT2D eigenvalue weighted by atomic mass is 10.0. The molecule has 18 heavy (non-hydrogen) atoms. The highest BCUT2D eigenvalue weighted by Crippen LogP contribution is 2.27. The van der Waals surface area contributed by atoms with Crippen molar-refractivity contribution in [1.82, 2.24) is 4.90 Å². The van der Waals surface area contributed by atoms with Crippen molar-refractivity contribution in [3.8, 4) is 0 Å². The second kappa shape index (κ2) is 8.00. The van der Waals surface area contributed by atoms with Crippen LogP contribution in [0.1, 0.15) is 38.3 Å². The van der Waals surface area contributed by atoms with E-state index in [1.807, 2.05) is 12.1 Å². The van der Waals surface area contributed by atoms with Gasteiger partial charge in [-0.2, -0.15) is 0 Å². The van der Waals surface area contributed by atoms with Gasteiger partial charge in [0.2, 0.25) is 0 Å². The monoisotopic (exact) mass is 288 g/mol. The summed E-state index contributed by atoms with van der Waals surface area (Å²) in [6, 6.07) is 5.87. The van der Waals surface area contributed by atoms with E-state index >= 15 is 0 Å². The summed E-state index contributed by atoms with van der Waals surface area (Å²) in [6.45, 7) is 7.03. The number of nitrogens with zero attached hydrogens (tertiary/aromatic N) is 1. The number of hydrogen-bond donors (Lipinski definition) is 1. The minimum absolute atomic E-state index is 0.195. The van der Waals surface area contributed by atoms with Crippen LogP contribution in [0.5, 0.6) is 0 Å². The van der Waals surface area contributed by atoms with Gasteiger partial charge in [-0.15, -0.1) is 0 Å². The summed E-state index contributed by atoms with van der Waals surface area (Å²) < 4.78 is 0. The molecule has 0 aliphatic carbocycles. The molecule has 0 aromatic heterocycles. The number of rotatable bonds is 7. The Bertz CT molecular complexity index is 343. The Kier molecular flexibility index (Phi) is 7.02. The van der Waals surface area contributed by atoms with E-state index < -0.39 is 0 Å². The normalized spacial score (nSPS) is 13.0. The van der Waals surface area contributed by atoms with Gasteiger partial charge in [0.05, 0.1) is 0 Å². The standard InChI is InChI=1S/C14H22Cl2N2/c1-3-5-18(6-4-2)14(10-17)11-7-12(15)9-13(16)8-11/h7-9,14H,3-6,10,17H2,1-2H3. The molecule has 0 spiro atoms. The van der Waals surface area contributed by atoms with Crippen LogP contribution in [0, 0.1) is 0 Å². The Hall–Kier alpha value is -0.280. The van der Waals surface area contributed by atoms with Crippen molar-refractivity contribution in [1.29, 1.82) is 0 Å². The highest BCUT2D eigenvalue weighted by Gasteiger charge is 2.18. The highest BCUT2D eigenvalue weighted by molar-refractivity contribution is 6.34. The molecule has 2 nitrogen and oxygen atoms in total. The van der Waals surface area contributed by atoms with Crippen molar-refractivity contribution in [3.05, 3.63) is 33.8 Å². The fourth-order valence-corrected chi connectivity index (χ4v) is 2.80. The Morgan fingerprint density at radius 3 is 1.94 bits per heavy atom. The summed E-state index contributed by atoms with van der Waals surface area (Å²) in [5.41, 5.74) is 7.05. The molecule has 0 fully saturated rings. The zero-order chi connectivity index (χ0) is 13.5. The molecule has 1 rings (SSSR count). The minimum Gasteiger partial charge on any atom is -0.329 e. The van der Waals surface area contributed by atoms with Crippen LogP contribution < -0.4 is 5.73 Å². The van der Waals surface area contributed by atoms with Crippen LogP contribution in [0.3, 0.4) is 0 Å². The first-order valence-corrected chi connectivity index (χ1v) is 7.28. The predicted molar refractivity (Wildman–Crippen MR) is 80.4 cm³/mol. The van der Waals surface area contributed by atoms with Crippen LogP contribution in [0.4, 0.5) is 0 Å². The van der Waals surface area contributed by atoms with Gasteiger partial charge in [0.25, 0.3) is 0 Å². The summed E-state index contributed by atoms with van der Waals surface area (Å²) >= 11 is 12.1. The Morgan fingerprint density at radius 2 is 1.56 bits per heavy atom. The van der Waals surface area contributed by atoms with E-state index in [2.05, 4.69) is 18.7 Å². The van der Waals surface area contributed by atoms with Gasteiger partial charge in [-0.25, -0.2) is 0 Å². The van der Waals surface area contributed by atoms with Crippen LogP contribution in [-0.2, 0) is 0 Å². The third kappa shape index (κ3) is 4.43. The van der Waals surface area contributed by atoms with Gasteiger partial charge < -0.3 is 5.73 Å². The summed E-state index contributed by atoms with van der Waals surface area (Å²) in [5, 5.41) is 1.34. The van der Waals surface area contributed by atoms with Gasteiger partial charge in [0.15, 0.2) is 0 Å². The molecule has 0 amide bonds. The number of benzene rings is 1. The third-order valence-corrected chi connectivity index (χ3v) is 3.39. The molecule has 1 aromatic carbocycles. The van der Waals surface area contributed by atoms with Crippen LogP contribution >= 0.6 is 23.2 Å². The zero-order valence-electron chi connectivity index (χ0n) is 11.1. The second-order valence-electron chi connectivity index (χ2n) is 4.49. The Labute approximate surface area is 120 Å². The molecule has 2 N–H and O–H groups in total. The van der Waals surface area contributed by atoms with E-state index in [9.17, 15) is 0 Å². The van der Waals surface area contributed by atoms with E-state index in [1.54, 1.807) is 6.07 Å². The van der Waals surface area contributed by atoms with Crippen molar-refractivity contribution in [2.45, 2.75) is 32.7 Å². The molecule has 0 aliphatic heterocycles. The van der Waals surface area contributed by atoms with E-state index in [0.29, 0.717) is 16.6 Å². The van der Waals surface area contributed by atoms with Crippen molar-refractivity contribution >= 4 is 23.2 Å². The molecule has 0 saturated carbocycles. The second-order valence-corrected chi connectivity index (χ2v) is 5.36. The number of nitrogens with two attached hydrogens (primary N) is 1. The molecule has 0 saturated heterocycles. The van der Waals surface area contributed by atoms with E-state index in [0.717, 1.165) is 31.5 Å². The van der Waals surface area contributed by atoms with Crippen LogP contribution in [-0.4, -0.2) is 24.5 Å². The molecule has 0 radical (unpaired) electrons. The molecular weight excluding hydrogens is 267 g/mol. The molecule has 1 atom stereocenters. The van der Waals surface area contributed by atoms with Crippen LogP contribution in [0.25, 0.3) is 0 Å². The van der Waals surface area contributed by atoms with Gasteiger partial charge in [0, 0.05) is 22.6 Å². The molecule has 102 valence electrons. The zero-order valence-corrected chi connectivity index (χ0v) is 12.6. The molecule has 0 aliphatic rings. The fourth-order valence-electron chi connectivity index (χ4n) is 2.26. The Morgan fingerprint density at radius 1 is 1.06 bits per heavy atom. The topological polar surface area (TPSA) is 29.3 Å². The molecule has 0 bridgehead atoms. The highest BCUT2D eigenvalue weighted by atomic mass is 35.5. The molecular formula is C14H22Cl2N2. The summed E-state index contributed by atoms with van der Waals surface area (Å²) in [5.74, 6) is 0. The van der Waals surface area contributed by atoms with Crippen molar-refractivity contribution in [2.24, 2.45) is 5.73 Å². The van der Waals surface area contributed by atoms with Gasteiger partial charge in [-0.1, -0.05) is 37.0 Å². The smallest absolute Gasteiger partial charge is 0.0471 e. The van der Waals surface area contributed by atoms with Gasteiger partial charge in [-0.05, 0) is 49.7 Å². The first kappa shape index (κ1) is 15.8. The summed E-state index contributed by atoms with van der Waals surface area (Å²) in [7, 11) is 0. The van der Waals surface area contributed by atoms with Crippen LogP contribution in [0.15, 0.2) is 18.2 Å². The lowest BCUT2D eigenvalue weighted by molar-refractivity contribution is 0.202. The molecule has 4 heteroatoms. The van der Waals surface area contributed by atoms with E-state index in [4.69, 9.17) is 28.9 Å². The minimum atomic E-state index is 0.195. The van der Waals surface area contributed by atoms with Crippen molar-refractivity contribution in [2.75, 3.05) is 19.6 Å². The number of halogens is 2. The van der Waals surface area contributed by atoms with Crippen LogP contribution in [0.2, 0.25) is 10.0 Å². The first-order chi connectivity index (χ1) is 8.62. The predicted octanol–water partition coefficient (Wildman–Crippen LogP) is 4.12. The molecule has 1 aromatic rings. The average molecular weight is 289 g/mol. The third-order valence-electron chi connectivity index (χ3n) is 2.96.